The number of hydrogen-bond donors (Lipinski definition) is 3. The number of urea groups is 1. The van der Waals surface area contributed by atoms with Crippen LogP contribution in [0.5, 0.6) is 0 Å². The monoisotopic (exact) mass is 506 g/mol. The number of rotatable bonds is 7. The molecule has 196 valence electrons. The molecule has 7 amide bonds. The van der Waals surface area contributed by atoms with E-state index in [1.165, 1.54) is 14.1 Å². The highest BCUT2D eigenvalue weighted by Gasteiger charge is 2.60. The van der Waals surface area contributed by atoms with E-state index >= 15 is 0 Å². The van der Waals surface area contributed by atoms with Crippen molar-refractivity contribution in [1.82, 2.24) is 25.3 Å². The van der Waals surface area contributed by atoms with E-state index in [-0.39, 0.29) is 25.3 Å². The number of primary amides is 1. The number of likely N-dealkylation sites (tertiary alicyclic amines) is 1. The number of imide groups is 1. The molecule has 0 aromatic rings. The van der Waals surface area contributed by atoms with Crippen LogP contribution in [0.1, 0.15) is 33.6 Å². The SMILES string of the molecule is CC(C)CC(C(=O)N1C[C@]2(C[C@H]1C(N)=O)C(=O)NC(=O)N2C)N(C)C(=O)C(C)NC(=O)C(F)(F)F. The van der Waals surface area contributed by atoms with Gasteiger partial charge in [-0.2, -0.15) is 13.2 Å². The lowest BCUT2D eigenvalue weighted by molar-refractivity contribution is -0.175. The Labute approximate surface area is 199 Å². The zero-order valence-corrected chi connectivity index (χ0v) is 19.9. The molecule has 4 atom stereocenters. The maximum Gasteiger partial charge on any atom is 0.471 e. The van der Waals surface area contributed by atoms with Gasteiger partial charge in [0.15, 0.2) is 0 Å². The van der Waals surface area contributed by atoms with E-state index < -0.39 is 65.4 Å². The van der Waals surface area contributed by atoms with Gasteiger partial charge in [0.05, 0.1) is 6.54 Å². The molecule has 2 rings (SSSR count). The first-order valence-corrected chi connectivity index (χ1v) is 10.8. The summed E-state index contributed by atoms with van der Waals surface area (Å²) < 4.78 is 37.8. The topological polar surface area (TPSA) is 162 Å². The quantitative estimate of drug-likeness (QED) is 0.373. The Hall–Kier alpha value is -3.39. The van der Waals surface area contributed by atoms with E-state index in [4.69, 9.17) is 5.73 Å². The van der Waals surface area contributed by atoms with E-state index in [1.807, 2.05) is 0 Å². The normalized spacial score (nSPS) is 24.0. The molecule has 1 spiro atoms. The summed E-state index contributed by atoms with van der Waals surface area (Å²) in [6.07, 6.45) is -5.41. The zero-order chi connectivity index (χ0) is 27.0. The van der Waals surface area contributed by atoms with Crippen molar-refractivity contribution < 1.29 is 41.9 Å². The maximum absolute atomic E-state index is 13.6. The number of nitrogens with one attached hydrogen (secondary N) is 2. The minimum Gasteiger partial charge on any atom is -0.368 e. The average Bonchev–Trinajstić information content (AvgIpc) is 3.24. The Morgan fingerprint density at radius 1 is 1.23 bits per heavy atom. The minimum atomic E-state index is -5.20. The molecule has 0 radical (unpaired) electrons. The lowest BCUT2D eigenvalue weighted by atomic mass is 9.94. The first kappa shape index (κ1) is 27.9. The van der Waals surface area contributed by atoms with Crippen molar-refractivity contribution in [2.45, 2.75) is 63.5 Å². The molecule has 2 unspecified atom stereocenters. The number of likely N-dealkylation sites (N-methyl/N-ethyl adjacent to an activating group) is 2. The van der Waals surface area contributed by atoms with Crippen molar-refractivity contribution in [1.29, 1.82) is 0 Å². The second-order valence-corrected chi connectivity index (χ2v) is 9.23. The first-order valence-electron chi connectivity index (χ1n) is 10.8. The van der Waals surface area contributed by atoms with Gasteiger partial charge in [-0.1, -0.05) is 13.8 Å². The van der Waals surface area contributed by atoms with E-state index in [0.717, 1.165) is 21.6 Å². The largest absolute Gasteiger partial charge is 0.471 e. The fourth-order valence-corrected chi connectivity index (χ4v) is 4.29. The molecule has 0 aromatic carbocycles. The van der Waals surface area contributed by atoms with Gasteiger partial charge in [-0.3, -0.25) is 29.3 Å². The summed E-state index contributed by atoms with van der Waals surface area (Å²) in [7, 11) is 2.52. The Bertz CT molecular complexity index is 941. The van der Waals surface area contributed by atoms with Crippen LogP contribution in [0, 0.1) is 5.92 Å². The summed E-state index contributed by atoms with van der Waals surface area (Å²) in [5.74, 6) is -5.88. The molecule has 2 saturated heterocycles. The van der Waals surface area contributed by atoms with Gasteiger partial charge in [-0.05, 0) is 19.3 Å². The molecule has 15 heteroatoms. The summed E-state index contributed by atoms with van der Waals surface area (Å²) >= 11 is 0. The molecular formula is C20H29F3N6O6. The lowest BCUT2D eigenvalue weighted by Gasteiger charge is -2.35. The fraction of sp³-hybridized carbons (Fsp3) is 0.700. The molecule has 2 fully saturated rings. The van der Waals surface area contributed by atoms with Gasteiger partial charge in [-0.15, -0.1) is 0 Å². The molecule has 2 heterocycles. The summed E-state index contributed by atoms with van der Waals surface area (Å²) in [5, 5.41) is 3.68. The number of amides is 7. The summed E-state index contributed by atoms with van der Waals surface area (Å²) in [6.45, 7) is 4.15. The van der Waals surface area contributed by atoms with Crippen molar-refractivity contribution in [3.63, 3.8) is 0 Å². The number of hydrogen-bond acceptors (Lipinski definition) is 6. The van der Waals surface area contributed by atoms with Gasteiger partial charge >= 0.3 is 18.1 Å². The van der Waals surface area contributed by atoms with Crippen LogP contribution < -0.4 is 16.4 Å². The van der Waals surface area contributed by atoms with Crippen LogP contribution in [0.3, 0.4) is 0 Å². The van der Waals surface area contributed by atoms with Crippen LogP contribution in [0.15, 0.2) is 0 Å². The zero-order valence-electron chi connectivity index (χ0n) is 19.9. The number of nitrogens with zero attached hydrogens (tertiary/aromatic N) is 3. The number of nitrogens with two attached hydrogens (primary N) is 1. The van der Waals surface area contributed by atoms with Crippen molar-refractivity contribution in [3.05, 3.63) is 0 Å². The molecule has 12 nitrogen and oxygen atoms in total. The van der Waals surface area contributed by atoms with Crippen molar-refractivity contribution in [2.75, 3.05) is 20.6 Å². The Morgan fingerprint density at radius 2 is 1.80 bits per heavy atom. The molecule has 4 N–H and O–H groups in total. The summed E-state index contributed by atoms with van der Waals surface area (Å²) in [5.41, 5.74) is 3.94. The highest BCUT2D eigenvalue weighted by atomic mass is 19.4. The van der Waals surface area contributed by atoms with Crippen LogP contribution in [0.4, 0.5) is 18.0 Å². The van der Waals surface area contributed by atoms with Crippen molar-refractivity contribution in [2.24, 2.45) is 11.7 Å². The molecule has 0 bridgehead atoms. The third kappa shape index (κ3) is 5.32. The average molecular weight is 506 g/mol. The number of carbonyl (C=O) groups excluding carboxylic acids is 6. The predicted molar refractivity (Wildman–Crippen MR) is 113 cm³/mol. The van der Waals surface area contributed by atoms with Crippen LogP contribution in [-0.4, -0.2) is 101 Å². The third-order valence-corrected chi connectivity index (χ3v) is 6.31. The van der Waals surface area contributed by atoms with E-state index in [0.29, 0.717) is 0 Å². The number of alkyl halides is 3. The maximum atomic E-state index is 13.6. The molecule has 0 aromatic heterocycles. The van der Waals surface area contributed by atoms with Crippen molar-refractivity contribution >= 4 is 35.6 Å². The minimum absolute atomic E-state index is 0.0525. The van der Waals surface area contributed by atoms with Crippen molar-refractivity contribution in [3.8, 4) is 0 Å². The Balaban J connectivity index is 2.35. The molecular weight excluding hydrogens is 477 g/mol. The van der Waals surface area contributed by atoms with E-state index in [2.05, 4.69) is 5.32 Å². The van der Waals surface area contributed by atoms with Crippen LogP contribution in [0.25, 0.3) is 0 Å². The first-order chi connectivity index (χ1) is 15.9. The smallest absolute Gasteiger partial charge is 0.368 e. The summed E-state index contributed by atoms with van der Waals surface area (Å²) in [6, 6.07) is -4.86. The number of carbonyl (C=O) groups is 6. The molecule has 2 aliphatic heterocycles. The third-order valence-electron chi connectivity index (χ3n) is 6.31. The van der Waals surface area contributed by atoms with Gasteiger partial charge < -0.3 is 25.8 Å². The Morgan fingerprint density at radius 3 is 2.23 bits per heavy atom. The Kier molecular flexibility index (Phi) is 7.72. The van der Waals surface area contributed by atoms with Gasteiger partial charge in [0.2, 0.25) is 17.7 Å². The van der Waals surface area contributed by atoms with Crippen LogP contribution in [-0.2, 0) is 24.0 Å². The fourth-order valence-electron chi connectivity index (χ4n) is 4.29. The molecule has 0 saturated carbocycles. The predicted octanol–water partition coefficient (Wildman–Crippen LogP) is -1.07. The lowest BCUT2D eigenvalue weighted by Crippen LogP contribution is -2.58. The molecule has 0 aliphatic carbocycles. The summed E-state index contributed by atoms with van der Waals surface area (Å²) in [4.78, 5) is 77.4. The van der Waals surface area contributed by atoms with Gasteiger partial charge in [0.25, 0.3) is 5.91 Å². The number of halogens is 3. The standard InChI is InChI=1S/C20H29F3N6O6/c1-9(2)6-11(27(4)14(31)10(3)25-17(34)20(21,22)23)15(32)29-8-19(7-12(29)13(24)30)16(33)26-18(35)28(19)5/h9-12H,6-8H2,1-5H3,(H2,24,30)(H,25,34)(H,26,33,35)/t10?,11?,12-,19+/m0/s1. The van der Waals surface area contributed by atoms with Gasteiger partial charge in [0.1, 0.15) is 23.7 Å². The van der Waals surface area contributed by atoms with E-state index in [9.17, 15) is 41.9 Å². The highest BCUT2D eigenvalue weighted by molar-refractivity contribution is 6.08. The van der Waals surface area contributed by atoms with Crippen LogP contribution in [0.2, 0.25) is 0 Å². The molecule has 35 heavy (non-hydrogen) atoms. The van der Waals surface area contributed by atoms with Gasteiger partial charge in [-0.25, -0.2) is 4.79 Å². The van der Waals surface area contributed by atoms with Crippen LogP contribution >= 0.6 is 0 Å². The van der Waals surface area contributed by atoms with Gasteiger partial charge in [0, 0.05) is 20.5 Å². The second-order valence-electron chi connectivity index (χ2n) is 9.23. The molecule has 2 aliphatic rings. The highest BCUT2D eigenvalue weighted by Crippen LogP contribution is 2.36. The van der Waals surface area contributed by atoms with E-state index in [1.54, 1.807) is 19.2 Å². The second kappa shape index (κ2) is 9.70.